The number of aliphatic hydroxyl groups excluding tert-OH is 5. The molecule has 1 heterocycles. The largest absolute Gasteiger partial charge is 0.394 e. The molecule has 0 aliphatic carbocycles. The van der Waals surface area contributed by atoms with Gasteiger partial charge in [-0.2, -0.15) is 0 Å². The summed E-state index contributed by atoms with van der Waals surface area (Å²) in [6.45, 7) is 3.56. The zero-order valence-corrected chi connectivity index (χ0v) is 47.8. The monoisotopic (exact) mass is 1050 g/mol. The summed E-state index contributed by atoms with van der Waals surface area (Å²) in [4.78, 5) is 13.0. The molecule has 0 spiro atoms. The van der Waals surface area contributed by atoms with E-state index in [1.807, 2.05) is 6.08 Å². The number of allylic oxidation sites excluding steroid dienone is 17. The molecule has 0 aromatic heterocycles. The molecule has 9 nitrogen and oxygen atoms in total. The summed E-state index contributed by atoms with van der Waals surface area (Å²) in [6, 6.07) is -0.830. The Morgan fingerprint density at radius 2 is 0.840 bits per heavy atom. The molecule has 1 amide bonds. The predicted octanol–water partition coefficient (Wildman–Crippen LogP) is 15.7. The van der Waals surface area contributed by atoms with E-state index in [1.165, 1.54) is 128 Å². The third-order valence-electron chi connectivity index (χ3n) is 13.8. The molecule has 1 aliphatic rings. The van der Waals surface area contributed by atoms with Gasteiger partial charge in [-0.3, -0.25) is 4.79 Å². The zero-order chi connectivity index (χ0) is 54.3. The normalized spacial score (nSPS) is 19.7. The summed E-state index contributed by atoms with van der Waals surface area (Å²) >= 11 is 0. The lowest BCUT2D eigenvalue weighted by atomic mass is 9.99. The molecular weight excluding hydrogens is 935 g/mol. The first-order valence-electron chi connectivity index (χ1n) is 30.6. The Balaban J connectivity index is 2.03. The quantitative estimate of drug-likeness (QED) is 0.0261. The van der Waals surface area contributed by atoms with Gasteiger partial charge in [0.05, 0.1) is 25.4 Å². The summed E-state index contributed by atoms with van der Waals surface area (Å²) in [6.07, 6.45) is 73.5. The van der Waals surface area contributed by atoms with Crippen molar-refractivity contribution >= 4 is 5.91 Å². The number of rotatable bonds is 51. The Morgan fingerprint density at radius 3 is 1.27 bits per heavy atom. The van der Waals surface area contributed by atoms with Gasteiger partial charge in [0.15, 0.2) is 6.29 Å². The first kappa shape index (κ1) is 69.9. The third kappa shape index (κ3) is 43.5. The second-order valence-corrected chi connectivity index (χ2v) is 20.7. The molecule has 1 fully saturated rings. The fourth-order valence-electron chi connectivity index (χ4n) is 9.02. The minimum Gasteiger partial charge on any atom is -0.394 e. The Labute approximate surface area is 459 Å². The van der Waals surface area contributed by atoms with E-state index in [-0.39, 0.29) is 12.5 Å². The van der Waals surface area contributed by atoms with Crippen LogP contribution in [0.15, 0.2) is 109 Å². The van der Waals surface area contributed by atoms with Crippen molar-refractivity contribution in [2.45, 2.75) is 288 Å². The van der Waals surface area contributed by atoms with Crippen LogP contribution in [0.5, 0.6) is 0 Å². The van der Waals surface area contributed by atoms with Gasteiger partial charge < -0.3 is 40.3 Å². The molecule has 7 unspecified atom stereocenters. The fourth-order valence-corrected chi connectivity index (χ4v) is 9.02. The van der Waals surface area contributed by atoms with Gasteiger partial charge in [0, 0.05) is 6.42 Å². The number of hydrogen-bond donors (Lipinski definition) is 6. The molecule has 1 saturated heterocycles. The average Bonchev–Trinajstić information content (AvgIpc) is 3.41. The van der Waals surface area contributed by atoms with Gasteiger partial charge in [0.2, 0.25) is 5.91 Å². The highest BCUT2D eigenvalue weighted by molar-refractivity contribution is 5.76. The molecule has 0 aromatic carbocycles. The van der Waals surface area contributed by atoms with Gasteiger partial charge in [-0.1, -0.05) is 258 Å². The number of amides is 1. The van der Waals surface area contributed by atoms with Crippen molar-refractivity contribution in [2.75, 3.05) is 13.2 Å². The van der Waals surface area contributed by atoms with Crippen LogP contribution in [-0.2, 0) is 14.3 Å². The first-order chi connectivity index (χ1) is 36.8. The summed E-state index contributed by atoms with van der Waals surface area (Å²) in [5, 5.41) is 54.3. The van der Waals surface area contributed by atoms with E-state index in [0.29, 0.717) is 6.42 Å². The molecule has 1 rings (SSSR count). The van der Waals surface area contributed by atoms with E-state index >= 15 is 0 Å². The average molecular weight is 1050 g/mol. The van der Waals surface area contributed by atoms with E-state index < -0.39 is 49.5 Å². The molecular formula is C66H113NO8. The minimum absolute atomic E-state index is 0.193. The van der Waals surface area contributed by atoms with Gasteiger partial charge >= 0.3 is 0 Å². The summed E-state index contributed by atoms with van der Waals surface area (Å²) in [5.41, 5.74) is 0. The van der Waals surface area contributed by atoms with Crippen LogP contribution in [0.3, 0.4) is 0 Å². The molecule has 0 saturated carbocycles. The molecule has 1 aliphatic heterocycles. The highest BCUT2D eigenvalue weighted by atomic mass is 16.7. The van der Waals surface area contributed by atoms with E-state index in [1.54, 1.807) is 6.08 Å². The molecule has 0 radical (unpaired) electrons. The SMILES string of the molecule is CC/C=C\C/C=C\C/C=C\C/C=C\C/C=C\C/C=C\CCCCCCCCCCCCCCCCCCCCCCCCC(=O)NC(COC1OC(CO)C(O)C(O)C1O)C(O)/C=C/CC/C=C/CC/C=C/CCC. The molecule has 75 heavy (non-hydrogen) atoms. The van der Waals surface area contributed by atoms with E-state index in [0.717, 1.165) is 96.3 Å². The number of aliphatic hydroxyl groups is 5. The van der Waals surface area contributed by atoms with Crippen molar-refractivity contribution in [1.29, 1.82) is 0 Å². The highest BCUT2D eigenvalue weighted by Gasteiger charge is 2.44. The lowest BCUT2D eigenvalue weighted by molar-refractivity contribution is -0.302. The molecule has 7 atom stereocenters. The molecule has 430 valence electrons. The Kier molecular flexibility index (Phi) is 50.5. The van der Waals surface area contributed by atoms with Crippen LogP contribution in [0.1, 0.15) is 245 Å². The van der Waals surface area contributed by atoms with Gasteiger partial charge in [0.1, 0.15) is 24.4 Å². The topological polar surface area (TPSA) is 149 Å². The van der Waals surface area contributed by atoms with Gasteiger partial charge in [0.25, 0.3) is 0 Å². The van der Waals surface area contributed by atoms with Crippen LogP contribution in [0.4, 0.5) is 0 Å². The van der Waals surface area contributed by atoms with Crippen LogP contribution < -0.4 is 5.32 Å². The number of carbonyl (C=O) groups is 1. The Hall–Kier alpha value is -3.15. The van der Waals surface area contributed by atoms with Crippen molar-refractivity contribution in [3.8, 4) is 0 Å². The van der Waals surface area contributed by atoms with E-state index in [9.17, 15) is 30.3 Å². The van der Waals surface area contributed by atoms with Crippen molar-refractivity contribution < 1.29 is 39.8 Å². The van der Waals surface area contributed by atoms with Crippen LogP contribution in [0.2, 0.25) is 0 Å². The van der Waals surface area contributed by atoms with Crippen LogP contribution in [-0.4, -0.2) is 87.5 Å². The minimum atomic E-state index is -1.58. The molecule has 0 bridgehead atoms. The molecule has 9 heteroatoms. The first-order valence-corrected chi connectivity index (χ1v) is 30.6. The van der Waals surface area contributed by atoms with Crippen molar-refractivity contribution in [2.24, 2.45) is 0 Å². The Bertz CT molecular complexity index is 1540. The number of unbranched alkanes of at least 4 members (excludes halogenated alkanes) is 25. The van der Waals surface area contributed by atoms with Crippen LogP contribution >= 0.6 is 0 Å². The van der Waals surface area contributed by atoms with Crippen LogP contribution in [0.25, 0.3) is 0 Å². The maximum absolute atomic E-state index is 13.0. The van der Waals surface area contributed by atoms with Gasteiger partial charge in [-0.15, -0.1) is 0 Å². The summed E-state index contributed by atoms with van der Waals surface area (Å²) in [5.74, 6) is -0.193. The van der Waals surface area contributed by atoms with E-state index in [2.05, 4.69) is 116 Å². The third-order valence-corrected chi connectivity index (χ3v) is 13.8. The standard InChI is InChI=1S/C66H113NO8/c1-3-5-7-9-11-13-15-16-17-18-19-20-21-22-23-24-25-26-27-28-29-30-31-32-33-34-35-36-37-38-39-40-41-42-43-44-46-48-50-52-54-56-62(70)67-59(58-74-66-65(73)64(72)63(71)61(57-68)75-66)60(69)55-53-51-49-47-45-14-12-10-8-6-4-2/h5,7-8,10-11,13,16-17,19-20,22-23,25-26,45,47,53,55,59-61,63-66,68-69,71-73H,3-4,6,9,12,14-15,18,21,24,27-44,46,48-52,54,56-58H2,1-2H3,(H,67,70)/b7-5-,10-8+,13-11-,17-16-,20-19-,23-22-,26-25-,47-45+,55-53+. The zero-order valence-electron chi connectivity index (χ0n) is 47.8. The molecule has 6 N–H and O–H groups in total. The van der Waals surface area contributed by atoms with Crippen molar-refractivity contribution in [1.82, 2.24) is 5.32 Å². The lowest BCUT2D eigenvalue weighted by Gasteiger charge is -2.40. The second-order valence-electron chi connectivity index (χ2n) is 20.7. The Morgan fingerprint density at radius 1 is 0.467 bits per heavy atom. The summed E-state index contributed by atoms with van der Waals surface area (Å²) in [7, 11) is 0. The highest BCUT2D eigenvalue weighted by Crippen LogP contribution is 2.23. The number of hydrogen-bond acceptors (Lipinski definition) is 8. The van der Waals surface area contributed by atoms with Crippen molar-refractivity contribution in [3.63, 3.8) is 0 Å². The van der Waals surface area contributed by atoms with Crippen molar-refractivity contribution in [3.05, 3.63) is 109 Å². The number of carbonyl (C=O) groups excluding carboxylic acids is 1. The molecule has 0 aromatic rings. The second kappa shape index (κ2) is 54.2. The summed E-state index contributed by atoms with van der Waals surface area (Å²) < 4.78 is 11.2. The maximum atomic E-state index is 13.0. The van der Waals surface area contributed by atoms with Crippen LogP contribution in [0, 0.1) is 0 Å². The number of nitrogens with one attached hydrogen (secondary N) is 1. The van der Waals surface area contributed by atoms with E-state index in [4.69, 9.17) is 9.47 Å². The number of ether oxygens (including phenoxy) is 2. The predicted molar refractivity (Wildman–Crippen MR) is 317 cm³/mol. The lowest BCUT2D eigenvalue weighted by Crippen LogP contribution is -2.60. The maximum Gasteiger partial charge on any atom is 0.220 e. The smallest absolute Gasteiger partial charge is 0.220 e. The van der Waals surface area contributed by atoms with Gasteiger partial charge in [-0.05, 0) is 89.9 Å². The fraction of sp³-hybridized carbons (Fsp3) is 0.712. The van der Waals surface area contributed by atoms with Gasteiger partial charge in [-0.25, -0.2) is 0 Å².